The topological polar surface area (TPSA) is 44.5 Å². The van der Waals surface area contributed by atoms with Crippen molar-refractivity contribution in [3.05, 3.63) is 27.2 Å². The van der Waals surface area contributed by atoms with Gasteiger partial charge in [0.1, 0.15) is 0 Å². The fraction of sp³-hybridized carbons (Fsp3) is 0.385. The van der Waals surface area contributed by atoms with Gasteiger partial charge in [0.2, 0.25) is 0 Å². The molecule has 0 radical (unpaired) electrons. The van der Waals surface area contributed by atoms with E-state index >= 15 is 0 Å². The van der Waals surface area contributed by atoms with E-state index in [4.69, 9.17) is 15.2 Å². The van der Waals surface area contributed by atoms with Gasteiger partial charge in [-0.1, -0.05) is 28.1 Å². The van der Waals surface area contributed by atoms with Gasteiger partial charge in [-0.25, -0.2) is 0 Å². The molecule has 0 atom stereocenters. The number of hydrogen-bond donors (Lipinski definition) is 1. The normalized spacial score (nSPS) is 10.9. The molecule has 94 valence electrons. The Morgan fingerprint density at radius 2 is 1.71 bits per heavy atom. The van der Waals surface area contributed by atoms with E-state index in [1.54, 1.807) is 14.2 Å². The third kappa shape index (κ3) is 2.64. The van der Waals surface area contributed by atoms with Crippen molar-refractivity contribution in [1.29, 1.82) is 0 Å². The summed E-state index contributed by atoms with van der Waals surface area (Å²) in [7, 11) is 3.29. The van der Waals surface area contributed by atoms with Gasteiger partial charge in [0.25, 0.3) is 0 Å². The number of rotatable bonds is 4. The Morgan fingerprint density at radius 3 is 2.18 bits per heavy atom. The van der Waals surface area contributed by atoms with E-state index in [0.717, 1.165) is 32.7 Å². The van der Waals surface area contributed by atoms with Crippen molar-refractivity contribution in [2.24, 2.45) is 5.73 Å². The first-order valence-electron chi connectivity index (χ1n) is 5.35. The van der Waals surface area contributed by atoms with Crippen LogP contribution in [0, 0.1) is 13.8 Å². The predicted octanol–water partition coefficient (Wildman–Crippen LogP) is 3.06. The van der Waals surface area contributed by atoms with E-state index in [1.807, 2.05) is 26.0 Å². The van der Waals surface area contributed by atoms with Crippen molar-refractivity contribution in [1.82, 2.24) is 0 Å². The fourth-order valence-corrected chi connectivity index (χ4v) is 2.19. The lowest BCUT2D eigenvalue weighted by Crippen LogP contribution is -2.00. The van der Waals surface area contributed by atoms with Crippen molar-refractivity contribution < 1.29 is 9.47 Å². The van der Waals surface area contributed by atoms with E-state index in [9.17, 15) is 0 Å². The molecule has 0 unspecified atom stereocenters. The molecule has 2 N–H and O–H groups in total. The van der Waals surface area contributed by atoms with Crippen LogP contribution in [0.4, 0.5) is 0 Å². The molecule has 0 amide bonds. The Labute approximate surface area is 111 Å². The highest BCUT2D eigenvalue weighted by Gasteiger charge is 2.18. The molecule has 4 heteroatoms. The smallest absolute Gasteiger partial charge is 0.168 e. The summed E-state index contributed by atoms with van der Waals surface area (Å²) in [4.78, 5) is 0. The van der Waals surface area contributed by atoms with E-state index in [2.05, 4.69) is 15.9 Å². The third-order valence-corrected chi connectivity index (χ3v) is 3.87. The monoisotopic (exact) mass is 299 g/mol. The van der Waals surface area contributed by atoms with Crippen molar-refractivity contribution in [3.63, 3.8) is 0 Å². The van der Waals surface area contributed by atoms with Crippen molar-refractivity contribution in [2.45, 2.75) is 13.8 Å². The van der Waals surface area contributed by atoms with Crippen LogP contribution in [-0.4, -0.2) is 20.8 Å². The second kappa shape index (κ2) is 6.07. The second-order valence-corrected chi connectivity index (χ2v) is 4.48. The van der Waals surface area contributed by atoms with Crippen LogP contribution >= 0.6 is 15.9 Å². The lowest BCUT2D eigenvalue weighted by molar-refractivity contribution is 0.351. The van der Waals surface area contributed by atoms with Gasteiger partial charge in [-0.2, -0.15) is 0 Å². The minimum atomic E-state index is 0.496. The zero-order valence-corrected chi connectivity index (χ0v) is 12.2. The van der Waals surface area contributed by atoms with Crippen LogP contribution in [0.15, 0.2) is 10.5 Å². The van der Waals surface area contributed by atoms with Crippen LogP contribution in [0.3, 0.4) is 0 Å². The molecule has 0 aliphatic carbocycles. The molecule has 0 spiro atoms. The van der Waals surface area contributed by atoms with Gasteiger partial charge in [0.15, 0.2) is 11.5 Å². The molecule has 3 nitrogen and oxygen atoms in total. The van der Waals surface area contributed by atoms with Crippen molar-refractivity contribution in [3.8, 4) is 11.5 Å². The number of benzene rings is 1. The maximum Gasteiger partial charge on any atom is 0.168 e. The van der Waals surface area contributed by atoms with Crippen LogP contribution in [-0.2, 0) is 0 Å². The number of nitrogens with two attached hydrogens (primary N) is 1. The molecule has 0 aliphatic rings. The molecule has 1 rings (SSSR count). The van der Waals surface area contributed by atoms with Gasteiger partial charge in [-0.3, -0.25) is 0 Å². The lowest BCUT2D eigenvalue weighted by atomic mass is 10.0. The predicted molar refractivity (Wildman–Crippen MR) is 74.8 cm³/mol. The maximum absolute atomic E-state index is 5.49. The first-order valence-corrected chi connectivity index (χ1v) is 6.15. The first-order chi connectivity index (χ1) is 8.08. The molecule has 0 bridgehead atoms. The second-order valence-electron chi connectivity index (χ2n) is 3.68. The minimum Gasteiger partial charge on any atom is -0.493 e. The quantitative estimate of drug-likeness (QED) is 0.929. The Hall–Kier alpha value is -1.00. The third-order valence-electron chi connectivity index (χ3n) is 2.68. The van der Waals surface area contributed by atoms with Gasteiger partial charge in [0.05, 0.1) is 14.2 Å². The molecule has 1 aromatic carbocycles. The Morgan fingerprint density at radius 1 is 1.12 bits per heavy atom. The lowest BCUT2D eigenvalue weighted by Gasteiger charge is -2.17. The molecule has 17 heavy (non-hydrogen) atoms. The first kappa shape index (κ1) is 14.1. The summed E-state index contributed by atoms with van der Waals surface area (Å²) in [6.07, 6.45) is 3.85. The summed E-state index contributed by atoms with van der Waals surface area (Å²) in [5.74, 6) is 1.50. The van der Waals surface area contributed by atoms with Gasteiger partial charge >= 0.3 is 0 Å². The van der Waals surface area contributed by atoms with Crippen LogP contribution in [0.25, 0.3) is 6.08 Å². The zero-order chi connectivity index (χ0) is 13.0. The number of ether oxygens (including phenoxy) is 2. The van der Waals surface area contributed by atoms with E-state index < -0.39 is 0 Å². The zero-order valence-electron chi connectivity index (χ0n) is 10.6. The van der Waals surface area contributed by atoms with Crippen LogP contribution in [0.1, 0.15) is 16.7 Å². The highest BCUT2D eigenvalue weighted by Crippen LogP contribution is 2.42. The molecular weight excluding hydrogens is 282 g/mol. The minimum absolute atomic E-state index is 0.496. The molecule has 0 aromatic heterocycles. The Bertz CT molecular complexity index is 442. The van der Waals surface area contributed by atoms with Gasteiger partial charge in [-0.15, -0.1) is 0 Å². The van der Waals surface area contributed by atoms with Gasteiger partial charge in [0, 0.05) is 22.1 Å². The van der Waals surface area contributed by atoms with Crippen molar-refractivity contribution in [2.75, 3.05) is 20.8 Å². The average molecular weight is 300 g/mol. The fourth-order valence-electron chi connectivity index (χ4n) is 1.80. The Kier molecular flexibility index (Phi) is 5.02. The molecule has 0 aliphatic heterocycles. The molecule has 0 saturated carbocycles. The Balaban J connectivity index is 3.56. The molecule has 1 aromatic rings. The summed E-state index contributed by atoms with van der Waals surface area (Å²) in [5.41, 5.74) is 8.63. The van der Waals surface area contributed by atoms with E-state index in [1.165, 1.54) is 0 Å². The summed E-state index contributed by atoms with van der Waals surface area (Å²) in [6, 6.07) is 0. The summed E-state index contributed by atoms with van der Waals surface area (Å²) < 4.78 is 11.9. The number of methoxy groups -OCH3 is 2. The largest absolute Gasteiger partial charge is 0.493 e. The highest BCUT2D eigenvalue weighted by molar-refractivity contribution is 9.10. The van der Waals surface area contributed by atoms with E-state index in [-0.39, 0.29) is 0 Å². The van der Waals surface area contributed by atoms with Gasteiger partial charge < -0.3 is 15.2 Å². The van der Waals surface area contributed by atoms with Crippen LogP contribution in [0.2, 0.25) is 0 Å². The summed E-state index contributed by atoms with van der Waals surface area (Å²) in [5, 5.41) is 0. The molecule has 0 heterocycles. The highest BCUT2D eigenvalue weighted by atomic mass is 79.9. The number of halogens is 1. The maximum atomic E-state index is 5.49. The van der Waals surface area contributed by atoms with Crippen LogP contribution < -0.4 is 15.2 Å². The molecular formula is C13H18BrNO2. The van der Waals surface area contributed by atoms with Crippen molar-refractivity contribution >= 4 is 22.0 Å². The number of hydrogen-bond acceptors (Lipinski definition) is 3. The summed E-state index contributed by atoms with van der Waals surface area (Å²) >= 11 is 3.58. The molecule has 0 saturated heterocycles. The molecule has 0 fully saturated rings. The van der Waals surface area contributed by atoms with Crippen LogP contribution in [0.5, 0.6) is 11.5 Å². The average Bonchev–Trinajstić information content (AvgIpc) is 2.34. The SMILES string of the molecule is COc1c(C)c(Br)c(C)c(/C=C/CN)c1OC. The van der Waals surface area contributed by atoms with Gasteiger partial charge in [-0.05, 0) is 19.4 Å². The summed E-state index contributed by atoms with van der Waals surface area (Å²) in [6.45, 7) is 4.53. The van der Waals surface area contributed by atoms with E-state index in [0.29, 0.717) is 6.54 Å². The standard InChI is InChI=1S/C13H18BrNO2/c1-8-10(6-5-7-15)13(17-4)12(16-3)9(2)11(8)14/h5-6H,7,15H2,1-4H3/b6-5+.